The Morgan fingerprint density at radius 3 is 1.00 bits per heavy atom. The van der Waals surface area contributed by atoms with Crippen LogP contribution in [0.2, 0.25) is 0 Å². The highest BCUT2D eigenvalue weighted by Gasteiger charge is 1.90. The van der Waals surface area contributed by atoms with E-state index in [9.17, 15) is 9.59 Å². The van der Waals surface area contributed by atoms with Crippen LogP contribution in [-0.4, -0.2) is 42.9 Å². The summed E-state index contributed by atoms with van der Waals surface area (Å²) in [6.45, 7) is 9.20. The van der Waals surface area contributed by atoms with Crippen LogP contribution in [0.15, 0.2) is 24.3 Å². The third-order valence-corrected chi connectivity index (χ3v) is 0.730. The van der Waals surface area contributed by atoms with Crippen molar-refractivity contribution in [3.63, 3.8) is 0 Å². The van der Waals surface area contributed by atoms with Crippen molar-refractivity contribution in [1.82, 2.24) is 0 Å². The van der Waals surface area contributed by atoms with E-state index in [1.54, 1.807) is 0 Å². The van der Waals surface area contributed by atoms with E-state index < -0.39 is 11.9 Å². The summed E-state index contributed by atoms with van der Waals surface area (Å²) in [5.74, 6) is -1.87. The van der Waals surface area contributed by atoms with Gasteiger partial charge in [0.25, 0.3) is 0 Å². The van der Waals surface area contributed by atoms with Gasteiger partial charge in [0.05, 0.1) is 0 Å². The van der Waals surface area contributed by atoms with E-state index in [2.05, 4.69) is 13.2 Å². The highest BCUT2D eigenvalue weighted by Crippen LogP contribution is 1.81. The van der Waals surface area contributed by atoms with Gasteiger partial charge >= 0.3 is 28.6 Å². The molecule has 0 amide bonds. The van der Waals surface area contributed by atoms with Gasteiger partial charge in [-0.25, -0.2) is 9.59 Å². The fraction of sp³-hybridized carbons (Fsp3) is 0.250. The van der Waals surface area contributed by atoms with Crippen LogP contribution in [0.3, 0.4) is 0 Å². The van der Waals surface area contributed by atoms with Crippen LogP contribution in [0.5, 0.6) is 0 Å². The zero-order valence-corrected chi connectivity index (χ0v) is 9.30. The lowest BCUT2D eigenvalue weighted by Gasteiger charge is -1.79. The lowest BCUT2D eigenvalue weighted by molar-refractivity contribution is -0.133. The quantitative estimate of drug-likeness (QED) is 0.457. The van der Waals surface area contributed by atoms with Crippen LogP contribution in [0, 0.1) is 0 Å². The summed E-state index contributed by atoms with van der Waals surface area (Å²) in [5, 5.41) is 15.8. The minimum absolute atomic E-state index is 0.176. The van der Waals surface area contributed by atoms with Gasteiger partial charge in [0.15, 0.2) is 0 Å². The summed E-state index contributed by atoms with van der Waals surface area (Å²) in [6, 6.07) is 0. The number of carboxylic acids is 2. The Hall–Kier alpha value is -1.09. The molecule has 0 aliphatic heterocycles. The first-order chi connectivity index (χ1) is 6.29. The van der Waals surface area contributed by atoms with E-state index in [0.29, 0.717) is 0 Å². The monoisotopic (exact) mass is 216 g/mol. The van der Waals surface area contributed by atoms with Crippen LogP contribution in [0.4, 0.5) is 0 Å². The van der Waals surface area contributed by atoms with Crippen molar-refractivity contribution in [3.05, 3.63) is 24.3 Å². The molecule has 0 aromatic rings. The second kappa shape index (κ2) is 11.9. The van der Waals surface area contributed by atoms with Crippen molar-refractivity contribution in [2.24, 2.45) is 0 Å². The van der Waals surface area contributed by atoms with Crippen molar-refractivity contribution in [3.8, 4) is 0 Å². The van der Waals surface area contributed by atoms with Crippen LogP contribution < -0.4 is 0 Å². The van der Waals surface area contributed by atoms with E-state index in [-0.39, 0.29) is 11.1 Å². The van der Waals surface area contributed by atoms with Crippen molar-refractivity contribution < 1.29 is 24.0 Å². The van der Waals surface area contributed by atoms with Crippen LogP contribution in [-0.2, 0) is 9.59 Å². The molecule has 0 rings (SSSR count). The molecule has 0 bridgehead atoms. The highest BCUT2D eigenvalue weighted by molar-refractivity contribution is 5.95. The lowest BCUT2D eigenvalue weighted by Crippen LogP contribution is -1.92. The first kappa shape index (κ1) is 18.6. The summed E-state index contributed by atoms with van der Waals surface area (Å²) in [6.07, 6.45) is 0. The molecular weight excluding hydrogens is 203 g/mol. The number of rotatable bonds is 2. The zero-order valence-electron chi connectivity index (χ0n) is 8.15. The van der Waals surface area contributed by atoms with E-state index >= 15 is 0 Å². The van der Waals surface area contributed by atoms with Gasteiger partial charge in [-0.3, -0.25) is 0 Å². The predicted octanol–water partition coefficient (Wildman–Crippen LogP) is 0.356. The maximum Gasteiger partial charge on any atom is 0.363 e. The number of hydrogen-bond donors (Lipinski definition) is 3. The molecule has 3 N–H and O–H groups in total. The van der Waals surface area contributed by atoms with Gasteiger partial charge in [-0.1, -0.05) is 13.2 Å². The normalized spacial score (nSPS) is 6.79. The Bertz CT molecular complexity index is 174. The second-order valence-corrected chi connectivity index (χ2v) is 2.17. The van der Waals surface area contributed by atoms with E-state index in [0.717, 1.165) is 0 Å². The maximum absolute atomic E-state index is 9.60. The standard InChI is InChI=1S/2C4H6O2.Al.H2O/c2*1-3(2)4(5)6;;/h2*1H2,2H3,(H,5,6);;1H2/q;;+1;/p-1. The predicted molar refractivity (Wildman–Crippen MR) is 52.9 cm³/mol. The first-order valence-corrected chi connectivity index (χ1v) is 3.84. The van der Waals surface area contributed by atoms with Gasteiger partial charge in [-0.05, 0) is 13.8 Å². The molecule has 0 aliphatic rings. The van der Waals surface area contributed by atoms with Crippen LogP contribution in [0.1, 0.15) is 13.8 Å². The summed E-state index contributed by atoms with van der Waals surface area (Å²) in [7, 11) is 0. The van der Waals surface area contributed by atoms with Gasteiger partial charge in [0.1, 0.15) is 0 Å². The molecule has 0 heterocycles. The molecule has 0 saturated carbocycles. The van der Waals surface area contributed by atoms with Crippen molar-refractivity contribution in [2.75, 3.05) is 0 Å². The Morgan fingerprint density at radius 2 is 1.00 bits per heavy atom. The van der Waals surface area contributed by atoms with Crippen molar-refractivity contribution in [1.29, 1.82) is 0 Å². The molecule has 0 saturated heterocycles. The minimum Gasteiger partial charge on any atom is -0.529 e. The SMILES string of the molecule is C=C(C)C(=O)O.C=C(C)C(=O)O.[OH][Al]. The number of carbonyl (C=O) groups is 2. The fourth-order valence-corrected chi connectivity index (χ4v) is 0. The van der Waals surface area contributed by atoms with Gasteiger partial charge in [0.2, 0.25) is 0 Å². The molecule has 0 aromatic heterocycles. The fourth-order valence-electron chi connectivity index (χ4n) is 0. The van der Waals surface area contributed by atoms with E-state index in [1.807, 2.05) is 0 Å². The highest BCUT2D eigenvalue weighted by atomic mass is 27.1. The minimum atomic E-state index is -0.935. The molecule has 0 aromatic carbocycles. The smallest absolute Gasteiger partial charge is 0.363 e. The van der Waals surface area contributed by atoms with Gasteiger partial charge < -0.3 is 14.4 Å². The molecule has 14 heavy (non-hydrogen) atoms. The number of hydrogen-bond acceptors (Lipinski definition) is 3. The Kier molecular flexibility index (Phi) is 15.9. The third-order valence-electron chi connectivity index (χ3n) is 0.730. The van der Waals surface area contributed by atoms with Gasteiger partial charge in [-0.2, -0.15) is 0 Å². The largest absolute Gasteiger partial charge is 0.529 e. The first-order valence-electron chi connectivity index (χ1n) is 3.32. The molecule has 78 valence electrons. The molecule has 6 heteroatoms. The van der Waals surface area contributed by atoms with Gasteiger partial charge in [0, 0.05) is 11.1 Å². The van der Waals surface area contributed by atoms with Crippen LogP contribution >= 0.6 is 0 Å². The summed E-state index contributed by atoms with van der Waals surface area (Å²) in [5.41, 5.74) is 0.352. The van der Waals surface area contributed by atoms with Gasteiger partial charge in [-0.15, -0.1) is 0 Å². The Morgan fingerprint density at radius 1 is 0.929 bits per heavy atom. The molecule has 0 fully saturated rings. The molecule has 0 aliphatic carbocycles. The van der Waals surface area contributed by atoms with E-state index in [1.165, 1.54) is 30.5 Å². The average molecular weight is 216 g/mol. The summed E-state index contributed by atoms with van der Waals surface area (Å²) in [4.78, 5) is 19.2. The topological polar surface area (TPSA) is 94.8 Å². The zero-order chi connectivity index (χ0) is 12.3. The molecule has 0 spiro atoms. The number of carboxylic acid groups (broad SMARTS) is 2. The Labute approximate surface area is 91.1 Å². The van der Waals surface area contributed by atoms with Crippen molar-refractivity contribution in [2.45, 2.75) is 13.8 Å². The third kappa shape index (κ3) is 22.4. The summed E-state index contributed by atoms with van der Waals surface area (Å²) >= 11 is 1.42. The van der Waals surface area contributed by atoms with Crippen LogP contribution in [0.25, 0.3) is 0 Å². The van der Waals surface area contributed by atoms with Crippen molar-refractivity contribution >= 4 is 28.6 Å². The second-order valence-electron chi connectivity index (χ2n) is 2.17. The maximum atomic E-state index is 9.60. The van der Waals surface area contributed by atoms with E-state index in [4.69, 9.17) is 14.4 Å². The molecular formula is C8H13AlO5. The number of aliphatic carboxylic acids is 2. The molecule has 0 atom stereocenters. The summed E-state index contributed by atoms with van der Waals surface area (Å²) < 4.78 is 6.92. The molecule has 0 unspecified atom stereocenters. The lowest BCUT2D eigenvalue weighted by atomic mass is 10.4. The Balaban J connectivity index is -0.000000147. The average Bonchev–Trinajstić information content (AvgIpc) is 2.08. The molecule has 5 nitrogen and oxygen atoms in total. The molecule has 2 radical (unpaired) electrons.